The summed E-state index contributed by atoms with van der Waals surface area (Å²) in [5.41, 5.74) is 2.05. The molecule has 1 aliphatic heterocycles. The molecule has 10 heteroatoms. The van der Waals surface area contributed by atoms with Crippen molar-refractivity contribution in [2.75, 3.05) is 11.4 Å². The number of pyridine rings is 1. The minimum Gasteiger partial charge on any atom is -0.316 e. The molecule has 3 heterocycles. The predicted molar refractivity (Wildman–Crippen MR) is 103 cm³/mol. The van der Waals surface area contributed by atoms with E-state index < -0.39 is 0 Å². The zero-order valence-electron chi connectivity index (χ0n) is 14.7. The Kier molecular flexibility index (Phi) is 4.90. The Hall–Kier alpha value is -3.45. The van der Waals surface area contributed by atoms with Gasteiger partial charge in [0.25, 0.3) is 0 Å². The molecule has 0 spiro atoms. The fourth-order valence-electron chi connectivity index (χ4n) is 3.13. The van der Waals surface area contributed by atoms with Crippen molar-refractivity contribution < 1.29 is 4.79 Å². The Morgan fingerprint density at radius 3 is 2.89 bits per heavy atom. The summed E-state index contributed by atoms with van der Waals surface area (Å²) in [4.78, 5) is 28.7. The number of aromatic nitrogens is 5. The van der Waals surface area contributed by atoms with Crippen molar-refractivity contribution in [1.29, 1.82) is 5.26 Å². The standard InChI is InChI=1S/C18H15N7O2S/c19-9-14-13(8-16(26)20-18(14)28-10-15-21-23-24-22-15)11-3-1-4-12(7-11)25-6-2-5-17(25)27/h1,3-4,7-8H,2,5-6,10H2,(H,20,26)(H,21,22,23,24). The monoisotopic (exact) mass is 393 g/mol. The number of tetrazole rings is 1. The first-order valence-corrected chi connectivity index (χ1v) is 9.57. The van der Waals surface area contributed by atoms with Crippen LogP contribution in [0.25, 0.3) is 11.1 Å². The molecule has 3 aromatic rings. The first-order chi connectivity index (χ1) is 13.7. The van der Waals surface area contributed by atoms with E-state index in [9.17, 15) is 14.9 Å². The number of benzene rings is 1. The van der Waals surface area contributed by atoms with Crippen LogP contribution in [0.3, 0.4) is 0 Å². The van der Waals surface area contributed by atoms with Gasteiger partial charge < -0.3 is 9.88 Å². The molecule has 0 bridgehead atoms. The number of carbonyl (C=O) groups excluding carboxylic acids is 1. The summed E-state index contributed by atoms with van der Waals surface area (Å²) in [7, 11) is 0. The molecule has 140 valence electrons. The Morgan fingerprint density at radius 2 is 2.18 bits per heavy atom. The number of nitriles is 1. The van der Waals surface area contributed by atoms with Crippen LogP contribution in [0.1, 0.15) is 24.2 Å². The highest BCUT2D eigenvalue weighted by Crippen LogP contribution is 2.32. The lowest BCUT2D eigenvalue weighted by Crippen LogP contribution is -2.23. The van der Waals surface area contributed by atoms with Gasteiger partial charge in [0, 0.05) is 30.3 Å². The van der Waals surface area contributed by atoms with Crippen LogP contribution in [0.2, 0.25) is 0 Å². The zero-order valence-corrected chi connectivity index (χ0v) is 15.5. The fourth-order valence-corrected chi connectivity index (χ4v) is 3.99. The third-order valence-electron chi connectivity index (χ3n) is 4.40. The number of H-pyrrole nitrogens is 2. The molecule has 2 aromatic heterocycles. The van der Waals surface area contributed by atoms with Crippen LogP contribution >= 0.6 is 11.8 Å². The zero-order chi connectivity index (χ0) is 19.5. The van der Waals surface area contributed by atoms with Crippen LogP contribution in [-0.2, 0) is 10.5 Å². The molecule has 28 heavy (non-hydrogen) atoms. The first kappa shape index (κ1) is 17.9. The molecule has 1 fully saturated rings. The number of amides is 1. The summed E-state index contributed by atoms with van der Waals surface area (Å²) >= 11 is 1.25. The molecule has 4 rings (SSSR count). The number of anilines is 1. The van der Waals surface area contributed by atoms with Crippen LogP contribution in [0, 0.1) is 11.3 Å². The average Bonchev–Trinajstić information content (AvgIpc) is 3.37. The Labute approximate surface area is 163 Å². The van der Waals surface area contributed by atoms with E-state index in [1.54, 1.807) is 4.90 Å². The van der Waals surface area contributed by atoms with Crippen LogP contribution in [0.5, 0.6) is 0 Å². The highest BCUT2D eigenvalue weighted by atomic mass is 32.2. The van der Waals surface area contributed by atoms with E-state index in [1.807, 2.05) is 24.3 Å². The van der Waals surface area contributed by atoms with Gasteiger partial charge in [0.15, 0.2) is 5.82 Å². The van der Waals surface area contributed by atoms with E-state index in [4.69, 9.17) is 0 Å². The van der Waals surface area contributed by atoms with E-state index in [0.29, 0.717) is 46.3 Å². The average molecular weight is 393 g/mol. The lowest BCUT2D eigenvalue weighted by molar-refractivity contribution is -0.117. The van der Waals surface area contributed by atoms with Gasteiger partial charge in [0.05, 0.1) is 16.3 Å². The quantitative estimate of drug-likeness (QED) is 0.632. The minimum absolute atomic E-state index is 0.0833. The largest absolute Gasteiger partial charge is 0.316 e. The molecular formula is C18H15N7O2S. The molecule has 1 amide bonds. The van der Waals surface area contributed by atoms with Crippen LogP contribution in [-0.4, -0.2) is 38.1 Å². The van der Waals surface area contributed by atoms with Gasteiger partial charge in [-0.2, -0.15) is 10.5 Å². The Bertz CT molecular complexity index is 1120. The van der Waals surface area contributed by atoms with E-state index >= 15 is 0 Å². The van der Waals surface area contributed by atoms with Crippen LogP contribution < -0.4 is 10.5 Å². The molecule has 1 aromatic carbocycles. The van der Waals surface area contributed by atoms with E-state index in [1.165, 1.54) is 17.8 Å². The third-order valence-corrected chi connectivity index (χ3v) is 5.39. The highest BCUT2D eigenvalue weighted by molar-refractivity contribution is 7.98. The maximum absolute atomic E-state index is 12.2. The molecule has 0 unspecified atom stereocenters. The lowest BCUT2D eigenvalue weighted by Gasteiger charge is -2.17. The normalized spacial score (nSPS) is 13.7. The Morgan fingerprint density at radius 1 is 1.29 bits per heavy atom. The molecule has 1 saturated heterocycles. The van der Waals surface area contributed by atoms with E-state index in [-0.39, 0.29) is 11.5 Å². The summed E-state index contributed by atoms with van der Waals surface area (Å²) < 4.78 is 0. The molecule has 2 N–H and O–H groups in total. The smallest absolute Gasteiger partial charge is 0.249 e. The third kappa shape index (κ3) is 3.52. The number of nitrogens with one attached hydrogen (secondary N) is 2. The van der Waals surface area contributed by atoms with Gasteiger partial charge in [0.1, 0.15) is 6.07 Å². The maximum atomic E-state index is 12.2. The predicted octanol–water partition coefficient (Wildman–Crippen LogP) is 1.85. The van der Waals surface area contributed by atoms with E-state index in [0.717, 1.165) is 12.1 Å². The number of hydrogen-bond acceptors (Lipinski definition) is 7. The molecule has 9 nitrogen and oxygen atoms in total. The van der Waals surface area contributed by atoms with Crippen molar-refractivity contribution in [2.45, 2.75) is 23.6 Å². The van der Waals surface area contributed by atoms with Gasteiger partial charge in [0.2, 0.25) is 11.5 Å². The van der Waals surface area contributed by atoms with Crippen LogP contribution in [0.4, 0.5) is 5.69 Å². The van der Waals surface area contributed by atoms with Crippen molar-refractivity contribution in [3.8, 4) is 17.2 Å². The highest BCUT2D eigenvalue weighted by Gasteiger charge is 2.22. The summed E-state index contributed by atoms with van der Waals surface area (Å²) in [6.07, 6.45) is 1.37. The SMILES string of the molecule is N#Cc1c(-c2cccc(N3CCCC3=O)c2)cc(=O)[nH]c1SCc1nn[nH]n1. The molecule has 0 radical (unpaired) electrons. The van der Waals surface area contributed by atoms with Crippen molar-refractivity contribution in [1.82, 2.24) is 25.6 Å². The number of rotatable bonds is 5. The van der Waals surface area contributed by atoms with Crippen molar-refractivity contribution in [3.05, 3.63) is 52.1 Å². The van der Waals surface area contributed by atoms with E-state index in [2.05, 4.69) is 31.7 Å². The van der Waals surface area contributed by atoms with Gasteiger partial charge in [-0.25, -0.2) is 0 Å². The van der Waals surface area contributed by atoms with Crippen LogP contribution in [0.15, 0.2) is 40.2 Å². The first-order valence-electron chi connectivity index (χ1n) is 8.59. The Balaban J connectivity index is 1.72. The van der Waals surface area contributed by atoms with Gasteiger partial charge >= 0.3 is 0 Å². The van der Waals surface area contributed by atoms with Gasteiger partial charge in [-0.3, -0.25) is 9.59 Å². The van der Waals surface area contributed by atoms with Gasteiger partial charge in [-0.05, 0) is 24.1 Å². The maximum Gasteiger partial charge on any atom is 0.249 e. The number of nitrogens with zero attached hydrogens (tertiary/aromatic N) is 5. The molecule has 0 atom stereocenters. The van der Waals surface area contributed by atoms with Crippen molar-refractivity contribution in [3.63, 3.8) is 0 Å². The molecule has 1 aliphatic rings. The summed E-state index contributed by atoms with van der Waals surface area (Å²) in [6, 6.07) is 10.9. The minimum atomic E-state index is -0.313. The number of thioether (sulfide) groups is 1. The summed E-state index contributed by atoms with van der Waals surface area (Å²) in [5, 5.41) is 23.8. The molecular weight excluding hydrogens is 378 g/mol. The van der Waals surface area contributed by atoms with Gasteiger partial charge in [-0.15, -0.1) is 10.2 Å². The number of aromatic amines is 2. The second-order valence-electron chi connectivity index (χ2n) is 6.18. The molecule has 0 aliphatic carbocycles. The van der Waals surface area contributed by atoms with Crippen molar-refractivity contribution in [2.24, 2.45) is 0 Å². The second kappa shape index (κ2) is 7.66. The fraction of sp³-hybridized carbons (Fsp3) is 0.222. The topological polar surface area (TPSA) is 131 Å². The summed E-state index contributed by atoms with van der Waals surface area (Å²) in [6.45, 7) is 0.675. The summed E-state index contributed by atoms with van der Waals surface area (Å²) in [5.74, 6) is 0.905. The van der Waals surface area contributed by atoms with Gasteiger partial charge in [-0.1, -0.05) is 29.1 Å². The molecule has 0 saturated carbocycles. The number of hydrogen-bond donors (Lipinski definition) is 2. The number of carbonyl (C=O) groups is 1. The second-order valence-corrected chi connectivity index (χ2v) is 7.16. The van der Waals surface area contributed by atoms with Crippen molar-refractivity contribution >= 4 is 23.4 Å². The lowest BCUT2D eigenvalue weighted by atomic mass is 10.0.